The van der Waals surface area contributed by atoms with Gasteiger partial charge in [-0.25, -0.2) is 0 Å². The van der Waals surface area contributed by atoms with Gasteiger partial charge in [0.1, 0.15) is 0 Å². The predicted molar refractivity (Wildman–Crippen MR) is 83.8 cm³/mol. The molecular formula is C16H24N2O3. The van der Waals surface area contributed by atoms with Crippen LogP contribution in [-0.2, 0) is 11.2 Å². The average molecular weight is 292 g/mol. The highest BCUT2D eigenvalue weighted by Gasteiger charge is 2.22. The van der Waals surface area contributed by atoms with Crippen LogP contribution in [-0.4, -0.2) is 23.7 Å². The topological polar surface area (TPSA) is 64.4 Å². The summed E-state index contributed by atoms with van der Waals surface area (Å²) in [6.45, 7) is 4.86. The second kappa shape index (κ2) is 7.41. The summed E-state index contributed by atoms with van der Waals surface area (Å²) in [5.41, 5.74) is 1.82. The Bertz CT molecular complexity index is 488. The Hall–Kier alpha value is -1.62. The Labute approximate surface area is 125 Å². The van der Waals surface area contributed by atoms with Crippen molar-refractivity contribution in [1.29, 1.82) is 0 Å². The lowest BCUT2D eigenvalue weighted by Crippen LogP contribution is -2.34. The second-order valence-electron chi connectivity index (χ2n) is 5.60. The zero-order valence-corrected chi connectivity index (χ0v) is 12.8. The average Bonchev–Trinajstić information content (AvgIpc) is 2.48. The molecule has 1 aromatic rings. The van der Waals surface area contributed by atoms with Gasteiger partial charge in [-0.3, -0.25) is 10.1 Å². The molecule has 0 amide bonds. The molecule has 1 heterocycles. The van der Waals surface area contributed by atoms with Crippen LogP contribution in [0.4, 0.5) is 11.4 Å². The second-order valence-corrected chi connectivity index (χ2v) is 5.60. The minimum atomic E-state index is -0.298. The molecule has 1 fully saturated rings. The number of nitro groups is 1. The Morgan fingerprint density at radius 2 is 2.24 bits per heavy atom. The first-order chi connectivity index (χ1) is 10.1. The van der Waals surface area contributed by atoms with E-state index in [1.807, 2.05) is 19.1 Å². The molecule has 1 N–H and O–H groups in total. The molecule has 1 aliphatic heterocycles. The molecule has 0 aliphatic carbocycles. The molecule has 5 heteroatoms. The highest BCUT2D eigenvalue weighted by atomic mass is 16.6. The van der Waals surface area contributed by atoms with Crippen LogP contribution in [0.2, 0.25) is 0 Å². The minimum Gasteiger partial charge on any atom is -0.382 e. The summed E-state index contributed by atoms with van der Waals surface area (Å²) < 4.78 is 5.74. The van der Waals surface area contributed by atoms with Gasteiger partial charge in [-0.15, -0.1) is 0 Å². The van der Waals surface area contributed by atoms with Gasteiger partial charge in [0.15, 0.2) is 0 Å². The number of nitro benzene ring substituents is 1. The molecule has 0 bridgehead atoms. The quantitative estimate of drug-likeness (QED) is 0.637. The van der Waals surface area contributed by atoms with Crippen molar-refractivity contribution < 1.29 is 9.66 Å². The van der Waals surface area contributed by atoms with Gasteiger partial charge in [-0.1, -0.05) is 26.3 Å². The summed E-state index contributed by atoms with van der Waals surface area (Å²) >= 11 is 0. The van der Waals surface area contributed by atoms with E-state index in [4.69, 9.17) is 4.74 Å². The van der Waals surface area contributed by atoms with E-state index in [0.29, 0.717) is 18.6 Å². The number of anilines is 1. The van der Waals surface area contributed by atoms with E-state index in [2.05, 4.69) is 12.2 Å². The van der Waals surface area contributed by atoms with E-state index in [9.17, 15) is 10.1 Å². The molecule has 0 spiro atoms. The van der Waals surface area contributed by atoms with Crippen molar-refractivity contribution in [3.63, 3.8) is 0 Å². The van der Waals surface area contributed by atoms with Crippen molar-refractivity contribution in [2.45, 2.75) is 58.1 Å². The lowest BCUT2D eigenvalue weighted by molar-refractivity contribution is -0.385. The Morgan fingerprint density at radius 3 is 2.90 bits per heavy atom. The summed E-state index contributed by atoms with van der Waals surface area (Å²) in [4.78, 5) is 10.8. The zero-order chi connectivity index (χ0) is 15.2. The molecule has 0 saturated carbocycles. The number of aryl methyl sites for hydroxylation is 1. The summed E-state index contributed by atoms with van der Waals surface area (Å²) in [6, 6.07) is 5.78. The number of nitrogens with zero attached hydrogens (tertiary/aromatic N) is 1. The molecule has 2 unspecified atom stereocenters. The van der Waals surface area contributed by atoms with Crippen LogP contribution in [0.3, 0.4) is 0 Å². The van der Waals surface area contributed by atoms with Gasteiger partial charge in [0, 0.05) is 30.0 Å². The fraction of sp³-hybridized carbons (Fsp3) is 0.625. The molecule has 21 heavy (non-hydrogen) atoms. The van der Waals surface area contributed by atoms with Crippen LogP contribution in [0.15, 0.2) is 18.2 Å². The van der Waals surface area contributed by atoms with E-state index in [1.54, 1.807) is 6.07 Å². The smallest absolute Gasteiger partial charge is 0.274 e. The molecule has 5 nitrogen and oxygen atoms in total. The number of nitrogens with one attached hydrogen (secondary N) is 1. The van der Waals surface area contributed by atoms with Crippen molar-refractivity contribution in [2.75, 3.05) is 11.9 Å². The van der Waals surface area contributed by atoms with Crippen LogP contribution in [0.25, 0.3) is 0 Å². The minimum absolute atomic E-state index is 0.208. The Balaban J connectivity index is 2.05. The van der Waals surface area contributed by atoms with Crippen molar-refractivity contribution in [3.8, 4) is 0 Å². The largest absolute Gasteiger partial charge is 0.382 e. The number of hydrogen-bond donors (Lipinski definition) is 1. The summed E-state index contributed by atoms with van der Waals surface area (Å²) in [5.74, 6) is 0. The van der Waals surface area contributed by atoms with E-state index >= 15 is 0 Å². The summed E-state index contributed by atoms with van der Waals surface area (Å²) in [5, 5.41) is 14.6. The molecular weight excluding hydrogens is 268 g/mol. The van der Waals surface area contributed by atoms with Crippen molar-refractivity contribution in [3.05, 3.63) is 33.9 Å². The molecule has 1 aliphatic rings. The lowest BCUT2D eigenvalue weighted by Gasteiger charge is -2.30. The van der Waals surface area contributed by atoms with Gasteiger partial charge in [0.2, 0.25) is 0 Å². The number of rotatable bonds is 6. The van der Waals surface area contributed by atoms with Crippen molar-refractivity contribution in [1.82, 2.24) is 0 Å². The maximum Gasteiger partial charge on any atom is 0.274 e. The molecule has 2 atom stereocenters. The van der Waals surface area contributed by atoms with Crippen LogP contribution < -0.4 is 5.32 Å². The fourth-order valence-electron chi connectivity index (χ4n) is 2.89. The molecule has 2 rings (SSSR count). The fourth-order valence-corrected chi connectivity index (χ4v) is 2.89. The van der Waals surface area contributed by atoms with Crippen LogP contribution in [0.5, 0.6) is 0 Å². The monoisotopic (exact) mass is 292 g/mol. The van der Waals surface area contributed by atoms with Crippen molar-refractivity contribution >= 4 is 11.4 Å². The van der Waals surface area contributed by atoms with Gasteiger partial charge < -0.3 is 10.1 Å². The number of benzene rings is 1. The SMILES string of the molecule is CCCC1CC(Nc2ccc(CC)c([N+](=O)[O-])c2)CCO1. The van der Waals surface area contributed by atoms with Crippen LogP contribution in [0, 0.1) is 10.1 Å². The first-order valence-corrected chi connectivity index (χ1v) is 7.79. The van der Waals surface area contributed by atoms with E-state index in [0.717, 1.165) is 43.5 Å². The van der Waals surface area contributed by atoms with Gasteiger partial charge in [-0.05, 0) is 31.7 Å². The Kier molecular flexibility index (Phi) is 5.56. The first-order valence-electron chi connectivity index (χ1n) is 7.79. The standard InChI is InChI=1S/C16H24N2O3/c1-3-5-15-10-14(8-9-21-15)17-13-7-6-12(4-2)16(11-13)18(19)20/h6-7,11,14-15,17H,3-5,8-10H2,1-2H3. The highest BCUT2D eigenvalue weighted by molar-refractivity contribution is 5.55. The van der Waals surface area contributed by atoms with Gasteiger partial charge in [0.05, 0.1) is 11.0 Å². The van der Waals surface area contributed by atoms with Crippen molar-refractivity contribution in [2.24, 2.45) is 0 Å². The lowest BCUT2D eigenvalue weighted by atomic mass is 9.99. The van der Waals surface area contributed by atoms with Crippen LogP contribution in [0.1, 0.15) is 45.1 Å². The maximum absolute atomic E-state index is 11.1. The maximum atomic E-state index is 11.1. The van der Waals surface area contributed by atoms with Gasteiger partial charge in [0.25, 0.3) is 5.69 Å². The Morgan fingerprint density at radius 1 is 1.43 bits per heavy atom. The van der Waals surface area contributed by atoms with E-state index < -0.39 is 0 Å². The number of ether oxygens (including phenoxy) is 1. The normalized spacial score (nSPS) is 22.0. The number of hydrogen-bond acceptors (Lipinski definition) is 4. The highest BCUT2D eigenvalue weighted by Crippen LogP contribution is 2.26. The van der Waals surface area contributed by atoms with Gasteiger partial charge >= 0.3 is 0 Å². The molecule has 0 radical (unpaired) electrons. The summed E-state index contributed by atoms with van der Waals surface area (Å²) in [7, 11) is 0. The van der Waals surface area contributed by atoms with Gasteiger partial charge in [-0.2, -0.15) is 0 Å². The zero-order valence-electron chi connectivity index (χ0n) is 12.8. The first kappa shape index (κ1) is 15.8. The third-order valence-corrected chi connectivity index (χ3v) is 4.01. The van der Waals surface area contributed by atoms with E-state index in [1.165, 1.54) is 0 Å². The molecule has 116 valence electrons. The third kappa shape index (κ3) is 4.17. The molecule has 1 aromatic carbocycles. The molecule has 1 saturated heterocycles. The predicted octanol–water partition coefficient (Wildman–Crippen LogP) is 3.92. The summed E-state index contributed by atoms with van der Waals surface area (Å²) in [6.07, 6.45) is 5.10. The third-order valence-electron chi connectivity index (χ3n) is 4.01. The molecule has 0 aromatic heterocycles. The van der Waals surface area contributed by atoms with E-state index in [-0.39, 0.29) is 10.6 Å². The van der Waals surface area contributed by atoms with Crippen LogP contribution >= 0.6 is 0 Å².